The maximum atomic E-state index is 12.2. The van der Waals surface area contributed by atoms with Crippen molar-refractivity contribution in [2.75, 3.05) is 10.6 Å². The van der Waals surface area contributed by atoms with Crippen LogP contribution in [0.5, 0.6) is 11.5 Å². The molecule has 0 spiro atoms. The molecular weight excluding hydrogens is 366 g/mol. The molecule has 140 valence electrons. The summed E-state index contributed by atoms with van der Waals surface area (Å²) in [7, 11) is 0. The lowest BCUT2D eigenvalue weighted by Crippen LogP contribution is -2.19. The van der Waals surface area contributed by atoms with Gasteiger partial charge in [0.15, 0.2) is 0 Å². The van der Waals surface area contributed by atoms with Gasteiger partial charge in [-0.25, -0.2) is 14.8 Å². The minimum atomic E-state index is -0.394. The lowest BCUT2D eigenvalue weighted by molar-refractivity contribution is 0.262. The highest BCUT2D eigenvalue weighted by atomic mass is 16.5. The molecule has 0 aliphatic carbocycles. The van der Waals surface area contributed by atoms with E-state index in [-0.39, 0.29) is 5.69 Å². The molecule has 0 atom stereocenters. The van der Waals surface area contributed by atoms with Crippen LogP contribution >= 0.6 is 0 Å². The maximum absolute atomic E-state index is 12.2. The summed E-state index contributed by atoms with van der Waals surface area (Å²) >= 11 is 0. The maximum Gasteiger partial charge on any atom is 0.324 e. The van der Waals surface area contributed by atoms with Gasteiger partial charge in [-0.1, -0.05) is 24.3 Å². The van der Waals surface area contributed by atoms with Gasteiger partial charge >= 0.3 is 6.03 Å². The standard InChI is InChI=1S/C22H15N5O2/c23-13-18-12-20(9-10-24-18)29-19-7-5-17(6-8-19)26-22(28)27-21-11-15-3-1-2-4-16(15)14-25-21/h1-12,14H,(H2,25,26,27,28). The summed E-state index contributed by atoms with van der Waals surface area (Å²) in [4.78, 5) is 20.4. The van der Waals surface area contributed by atoms with E-state index in [1.54, 1.807) is 42.6 Å². The molecule has 4 rings (SSSR count). The Morgan fingerprint density at radius 1 is 0.897 bits per heavy atom. The van der Waals surface area contributed by atoms with Crippen molar-refractivity contribution < 1.29 is 9.53 Å². The highest BCUT2D eigenvalue weighted by molar-refractivity contribution is 6.00. The molecule has 0 unspecified atom stereocenters. The van der Waals surface area contributed by atoms with Crippen molar-refractivity contribution in [2.24, 2.45) is 0 Å². The Labute approximate surface area is 166 Å². The lowest BCUT2D eigenvalue weighted by atomic mass is 10.2. The third kappa shape index (κ3) is 4.46. The van der Waals surface area contributed by atoms with Crippen LogP contribution in [0.3, 0.4) is 0 Å². The number of ether oxygens (including phenoxy) is 1. The number of aromatic nitrogens is 2. The third-order valence-electron chi connectivity index (χ3n) is 4.07. The predicted octanol–water partition coefficient (Wildman–Crippen LogP) is 4.94. The normalized spacial score (nSPS) is 10.2. The number of rotatable bonds is 4. The summed E-state index contributed by atoms with van der Waals surface area (Å²) < 4.78 is 5.69. The molecule has 29 heavy (non-hydrogen) atoms. The summed E-state index contributed by atoms with van der Waals surface area (Å²) in [5.74, 6) is 1.55. The number of benzene rings is 2. The van der Waals surface area contributed by atoms with Gasteiger partial charge in [-0.2, -0.15) is 5.26 Å². The predicted molar refractivity (Wildman–Crippen MR) is 110 cm³/mol. The van der Waals surface area contributed by atoms with E-state index in [4.69, 9.17) is 10.00 Å². The van der Waals surface area contributed by atoms with Crippen molar-refractivity contribution in [1.29, 1.82) is 5.26 Å². The molecule has 4 aromatic rings. The zero-order valence-corrected chi connectivity index (χ0v) is 15.2. The van der Waals surface area contributed by atoms with E-state index in [1.807, 2.05) is 36.4 Å². The van der Waals surface area contributed by atoms with E-state index in [9.17, 15) is 4.79 Å². The zero-order valence-electron chi connectivity index (χ0n) is 15.2. The van der Waals surface area contributed by atoms with Gasteiger partial charge in [0.1, 0.15) is 29.1 Å². The Balaban J connectivity index is 1.38. The SMILES string of the molecule is N#Cc1cc(Oc2ccc(NC(=O)Nc3cc4ccccc4cn3)cc2)ccn1. The first kappa shape index (κ1) is 17.9. The first-order valence-electron chi connectivity index (χ1n) is 8.76. The number of urea groups is 1. The number of carbonyl (C=O) groups excluding carboxylic acids is 1. The number of hydrogen-bond acceptors (Lipinski definition) is 5. The molecule has 0 radical (unpaired) electrons. The van der Waals surface area contributed by atoms with Crippen molar-refractivity contribution in [3.63, 3.8) is 0 Å². The minimum absolute atomic E-state index is 0.278. The van der Waals surface area contributed by atoms with E-state index in [2.05, 4.69) is 20.6 Å². The van der Waals surface area contributed by atoms with Gasteiger partial charge in [0.2, 0.25) is 0 Å². The largest absolute Gasteiger partial charge is 0.457 e. The number of amides is 2. The second-order valence-electron chi connectivity index (χ2n) is 6.11. The van der Waals surface area contributed by atoms with Gasteiger partial charge in [0.05, 0.1) is 0 Å². The van der Waals surface area contributed by atoms with E-state index in [1.165, 1.54) is 6.20 Å². The monoisotopic (exact) mass is 381 g/mol. The highest BCUT2D eigenvalue weighted by Crippen LogP contribution is 2.23. The average Bonchev–Trinajstić information content (AvgIpc) is 2.75. The van der Waals surface area contributed by atoms with Crippen LogP contribution < -0.4 is 15.4 Å². The fourth-order valence-electron chi connectivity index (χ4n) is 2.71. The Kier molecular flexibility index (Phi) is 4.99. The smallest absolute Gasteiger partial charge is 0.324 e. The number of nitriles is 1. The molecule has 0 aliphatic rings. The Morgan fingerprint density at radius 3 is 2.48 bits per heavy atom. The van der Waals surface area contributed by atoms with E-state index in [0.29, 0.717) is 23.0 Å². The van der Waals surface area contributed by atoms with Gasteiger partial charge in [-0.15, -0.1) is 0 Å². The fraction of sp³-hybridized carbons (Fsp3) is 0. The summed E-state index contributed by atoms with van der Waals surface area (Å²) in [6, 6.07) is 21.3. The number of anilines is 2. The summed E-state index contributed by atoms with van der Waals surface area (Å²) in [5.41, 5.74) is 0.878. The third-order valence-corrected chi connectivity index (χ3v) is 4.07. The summed E-state index contributed by atoms with van der Waals surface area (Å²) in [6.07, 6.45) is 3.23. The van der Waals surface area contributed by atoms with Crippen molar-refractivity contribution >= 4 is 28.3 Å². The molecule has 2 aromatic carbocycles. The average molecular weight is 381 g/mol. The number of nitrogens with one attached hydrogen (secondary N) is 2. The Morgan fingerprint density at radius 2 is 1.69 bits per heavy atom. The summed E-state index contributed by atoms with van der Waals surface area (Å²) in [5, 5.41) is 16.4. The van der Waals surface area contributed by atoms with Crippen LogP contribution in [-0.4, -0.2) is 16.0 Å². The second kappa shape index (κ2) is 8.06. The molecule has 0 saturated heterocycles. The van der Waals surface area contributed by atoms with Crippen LogP contribution in [0.15, 0.2) is 79.1 Å². The molecule has 0 aliphatic heterocycles. The quantitative estimate of drug-likeness (QED) is 0.522. The Bertz CT molecular complexity index is 1220. The molecule has 2 aromatic heterocycles. The number of carbonyl (C=O) groups is 1. The van der Waals surface area contributed by atoms with E-state index < -0.39 is 6.03 Å². The van der Waals surface area contributed by atoms with Gasteiger partial charge in [0.25, 0.3) is 0 Å². The number of pyridine rings is 2. The van der Waals surface area contributed by atoms with Crippen LogP contribution in [0, 0.1) is 11.3 Å². The van der Waals surface area contributed by atoms with Crippen molar-refractivity contribution in [3.05, 3.63) is 84.8 Å². The molecule has 2 heterocycles. The molecule has 2 N–H and O–H groups in total. The van der Waals surface area contributed by atoms with Crippen molar-refractivity contribution in [2.45, 2.75) is 0 Å². The topological polar surface area (TPSA) is 99.9 Å². The van der Waals surface area contributed by atoms with Gasteiger partial charge in [0, 0.05) is 29.5 Å². The molecule has 2 amide bonds. The molecule has 0 saturated carbocycles. The highest BCUT2D eigenvalue weighted by Gasteiger charge is 2.06. The molecule has 0 bridgehead atoms. The first-order valence-corrected chi connectivity index (χ1v) is 8.76. The molecule has 7 heteroatoms. The van der Waals surface area contributed by atoms with Crippen LogP contribution in [0.1, 0.15) is 5.69 Å². The molecule has 0 fully saturated rings. The zero-order chi connectivity index (χ0) is 20.1. The van der Waals surface area contributed by atoms with Gasteiger partial charge < -0.3 is 10.1 Å². The Hall–Kier alpha value is -4.44. The van der Waals surface area contributed by atoms with Crippen molar-refractivity contribution in [3.8, 4) is 17.6 Å². The molecular formula is C22H15N5O2. The number of nitrogens with zero attached hydrogens (tertiary/aromatic N) is 3. The lowest BCUT2D eigenvalue weighted by Gasteiger charge is -2.09. The van der Waals surface area contributed by atoms with Gasteiger partial charge in [-0.05, 0) is 41.8 Å². The van der Waals surface area contributed by atoms with Crippen LogP contribution in [0.25, 0.3) is 10.8 Å². The summed E-state index contributed by atoms with van der Waals surface area (Å²) in [6.45, 7) is 0. The van der Waals surface area contributed by atoms with Crippen LogP contribution in [0.2, 0.25) is 0 Å². The molecule has 7 nitrogen and oxygen atoms in total. The van der Waals surface area contributed by atoms with Crippen LogP contribution in [-0.2, 0) is 0 Å². The second-order valence-corrected chi connectivity index (χ2v) is 6.11. The van der Waals surface area contributed by atoms with E-state index >= 15 is 0 Å². The fourth-order valence-corrected chi connectivity index (χ4v) is 2.71. The van der Waals surface area contributed by atoms with Gasteiger partial charge in [-0.3, -0.25) is 5.32 Å². The van der Waals surface area contributed by atoms with Crippen LogP contribution in [0.4, 0.5) is 16.3 Å². The van der Waals surface area contributed by atoms with E-state index in [0.717, 1.165) is 10.8 Å². The minimum Gasteiger partial charge on any atom is -0.457 e. The van der Waals surface area contributed by atoms with Crippen molar-refractivity contribution in [1.82, 2.24) is 9.97 Å². The first-order chi connectivity index (χ1) is 14.2. The number of hydrogen-bond donors (Lipinski definition) is 2. The number of fused-ring (bicyclic) bond motifs is 1.